The molecule has 0 bridgehead atoms. The lowest BCUT2D eigenvalue weighted by Gasteiger charge is -2.07. The van der Waals surface area contributed by atoms with E-state index in [2.05, 4.69) is 83.1 Å². The molecule has 0 unspecified atom stereocenters. The number of benzene rings is 3. The third kappa shape index (κ3) is 6.29. The van der Waals surface area contributed by atoms with E-state index < -0.39 is 0 Å². The van der Waals surface area contributed by atoms with Gasteiger partial charge in [0, 0.05) is 19.5 Å². The van der Waals surface area contributed by atoms with Crippen LogP contribution in [0.5, 0.6) is 0 Å². The zero-order valence-electron chi connectivity index (χ0n) is 19.1. The summed E-state index contributed by atoms with van der Waals surface area (Å²) in [5, 5.41) is 11.0. The van der Waals surface area contributed by atoms with Crippen LogP contribution in [0.2, 0.25) is 0 Å². The molecule has 168 valence electrons. The number of carbonyl (C=O) groups is 1. The maximum Gasteiger partial charge on any atom is 0.250 e. The highest BCUT2D eigenvalue weighted by Gasteiger charge is 2.16. The monoisotopic (exact) mass is 439 g/mol. The number of rotatable bonds is 9. The predicted octanol–water partition coefficient (Wildman–Crippen LogP) is 5.39. The lowest BCUT2D eigenvalue weighted by molar-refractivity contribution is 0.0890. The fourth-order valence-corrected chi connectivity index (χ4v) is 3.45. The third-order valence-corrected chi connectivity index (χ3v) is 5.46. The molecule has 0 radical (unpaired) electrons. The molecule has 0 aliphatic rings. The number of nitrogens with zero attached hydrogens (tertiary/aromatic N) is 3. The van der Waals surface area contributed by atoms with E-state index in [4.69, 9.17) is 0 Å². The number of hydrogen-bond acceptors (Lipinski definition) is 5. The van der Waals surface area contributed by atoms with Crippen LogP contribution in [0.3, 0.4) is 0 Å². The second kappa shape index (κ2) is 10.6. The first-order valence-electron chi connectivity index (χ1n) is 11.2. The Hall–Kier alpha value is -3.93. The average Bonchev–Trinajstić information content (AvgIpc) is 3.26. The molecule has 0 saturated carbocycles. The van der Waals surface area contributed by atoms with Crippen LogP contribution in [0.15, 0.2) is 78.9 Å². The minimum absolute atomic E-state index is 0.0962. The zero-order chi connectivity index (χ0) is 23.0. The van der Waals surface area contributed by atoms with Crippen molar-refractivity contribution < 1.29 is 4.79 Å². The van der Waals surface area contributed by atoms with Crippen LogP contribution < -0.4 is 10.6 Å². The highest BCUT2D eigenvalue weighted by Crippen LogP contribution is 2.15. The Morgan fingerprint density at radius 1 is 0.758 bits per heavy atom. The summed E-state index contributed by atoms with van der Waals surface area (Å²) >= 11 is 0. The molecule has 3 aromatic carbocycles. The van der Waals surface area contributed by atoms with E-state index in [1.165, 1.54) is 15.8 Å². The van der Waals surface area contributed by atoms with Crippen molar-refractivity contribution in [3.05, 3.63) is 107 Å². The van der Waals surface area contributed by atoms with Gasteiger partial charge in [0.2, 0.25) is 17.8 Å². The molecule has 1 heterocycles. The highest BCUT2D eigenvalue weighted by atomic mass is 16.2. The Balaban J connectivity index is 1.47. The zero-order valence-corrected chi connectivity index (χ0v) is 19.1. The molecule has 33 heavy (non-hydrogen) atoms. The van der Waals surface area contributed by atoms with Crippen LogP contribution in [-0.2, 0) is 19.5 Å². The molecule has 0 amide bonds. The molecule has 0 saturated heterocycles. The van der Waals surface area contributed by atoms with Gasteiger partial charge in [-0.2, -0.15) is 9.67 Å². The molecule has 6 heteroatoms. The van der Waals surface area contributed by atoms with Gasteiger partial charge in [-0.05, 0) is 37.0 Å². The van der Waals surface area contributed by atoms with Gasteiger partial charge in [-0.25, -0.2) is 0 Å². The van der Waals surface area contributed by atoms with E-state index in [1.807, 2.05) is 30.3 Å². The normalized spacial score (nSPS) is 10.7. The van der Waals surface area contributed by atoms with Gasteiger partial charge in [-0.3, -0.25) is 4.79 Å². The second-order valence-electron chi connectivity index (χ2n) is 8.23. The van der Waals surface area contributed by atoms with Crippen LogP contribution in [-0.4, -0.2) is 20.7 Å². The molecule has 0 fully saturated rings. The van der Waals surface area contributed by atoms with Crippen molar-refractivity contribution in [2.75, 3.05) is 10.6 Å². The molecule has 0 atom stereocenters. The largest absolute Gasteiger partial charge is 0.350 e. The number of nitrogens with one attached hydrogen (secondary N) is 2. The highest BCUT2D eigenvalue weighted by molar-refractivity contribution is 5.81. The third-order valence-electron chi connectivity index (χ3n) is 5.46. The van der Waals surface area contributed by atoms with E-state index in [1.54, 1.807) is 0 Å². The van der Waals surface area contributed by atoms with Gasteiger partial charge in [0.25, 0.3) is 0 Å². The van der Waals surface area contributed by atoms with Crippen LogP contribution in [0, 0.1) is 13.8 Å². The maximum atomic E-state index is 13.0. The second-order valence-corrected chi connectivity index (χ2v) is 8.23. The molecule has 0 aliphatic carbocycles. The Morgan fingerprint density at radius 3 is 1.94 bits per heavy atom. The van der Waals surface area contributed by atoms with Crippen LogP contribution in [0.4, 0.5) is 11.9 Å². The van der Waals surface area contributed by atoms with Crippen LogP contribution in [0.1, 0.15) is 39.0 Å². The summed E-state index contributed by atoms with van der Waals surface area (Å²) < 4.78 is 1.38. The van der Waals surface area contributed by atoms with Gasteiger partial charge in [0.05, 0.1) is 0 Å². The molecular formula is C27H29N5O. The van der Waals surface area contributed by atoms with E-state index in [0.29, 0.717) is 37.8 Å². The van der Waals surface area contributed by atoms with E-state index in [9.17, 15) is 4.79 Å². The standard InChI is InChI=1S/C27H29N5O/c1-20-8-12-23(13-9-20)18-28-26-30-27(29-19-24-14-10-21(2)11-15-24)32(31-26)25(33)17-16-22-6-4-3-5-7-22/h3-15H,16-19H2,1-2H3,(H2,28,29,30,31). The number of aromatic nitrogens is 3. The molecule has 4 aromatic rings. The minimum Gasteiger partial charge on any atom is -0.350 e. The Labute approximate surface area is 194 Å². The number of carbonyl (C=O) groups excluding carboxylic acids is 1. The summed E-state index contributed by atoms with van der Waals surface area (Å²) in [6, 6.07) is 26.6. The summed E-state index contributed by atoms with van der Waals surface area (Å²) in [5.41, 5.74) is 5.79. The number of hydrogen-bond donors (Lipinski definition) is 2. The van der Waals surface area contributed by atoms with Gasteiger partial charge in [-0.1, -0.05) is 90.0 Å². The van der Waals surface area contributed by atoms with Crippen molar-refractivity contribution in [3.63, 3.8) is 0 Å². The molecule has 6 nitrogen and oxygen atoms in total. The first-order valence-corrected chi connectivity index (χ1v) is 11.2. The van der Waals surface area contributed by atoms with Crippen LogP contribution >= 0.6 is 0 Å². The molecule has 2 N–H and O–H groups in total. The molecule has 0 spiro atoms. The molecule has 1 aromatic heterocycles. The van der Waals surface area contributed by atoms with Gasteiger partial charge < -0.3 is 10.6 Å². The van der Waals surface area contributed by atoms with E-state index >= 15 is 0 Å². The van der Waals surface area contributed by atoms with E-state index in [0.717, 1.165) is 16.7 Å². The number of aryl methyl sites for hydroxylation is 3. The van der Waals surface area contributed by atoms with E-state index in [-0.39, 0.29) is 5.91 Å². The van der Waals surface area contributed by atoms with Crippen molar-refractivity contribution in [3.8, 4) is 0 Å². The summed E-state index contributed by atoms with van der Waals surface area (Å²) in [6.45, 7) is 5.26. The fraction of sp³-hybridized carbons (Fsp3) is 0.222. The van der Waals surface area contributed by atoms with Gasteiger partial charge in [0.15, 0.2) is 0 Å². The first kappa shape index (κ1) is 22.3. The quantitative estimate of drug-likeness (QED) is 0.366. The molecule has 4 rings (SSSR count). The van der Waals surface area contributed by atoms with Crippen molar-refractivity contribution in [2.24, 2.45) is 0 Å². The summed E-state index contributed by atoms with van der Waals surface area (Å²) in [7, 11) is 0. The Morgan fingerprint density at radius 2 is 1.33 bits per heavy atom. The van der Waals surface area contributed by atoms with Crippen molar-refractivity contribution >= 4 is 17.8 Å². The minimum atomic E-state index is -0.0962. The lowest BCUT2D eigenvalue weighted by atomic mass is 10.1. The predicted molar refractivity (Wildman–Crippen MR) is 132 cm³/mol. The summed E-state index contributed by atoms with van der Waals surface area (Å²) in [5.74, 6) is 0.774. The van der Waals surface area contributed by atoms with Gasteiger partial charge >= 0.3 is 0 Å². The van der Waals surface area contributed by atoms with Gasteiger partial charge in [0.1, 0.15) is 0 Å². The first-order chi connectivity index (χ1) is 16.1. The topological polar surface area (TPSA) is 71.8 Å². The lowest BCUT2D eigenvalue weighted by Crippen LogP contribution is -2.17. The summed E-state index contributed by atoms with van der Waals surface area (Å²) in [4.78, 5) is 17.6. The molecular weight excluding hydrogens is 410 g/mol. The van der Waals surface area contributed by atoms with Crippen LogP contribution in [0.25, 0.3) is 0 Å². The maximum absolute atomic E-state index is 13.0. The van der Waals surface area contributed by atoms with Crippen molar-refractivity contribution in [2.45, 2.75) is 39.8 Å². The Bertz CT molecular complexity index is 1180. The fourth-order valence-electron chi connectivity index (χ4n) is 3.45. The number of anilines is 2. The molecule has 0 aliphatic heterocycles. The average molecular weight is 440 g/mol. The smallest absolute Gasteiger partial charge is 0.250 e. The van der Waals surface area contributed by atoms with Crippen molar-refractivity contribution in [1.29, 1.82) is 0 Å². The van der Waals surface area contributed by atoms with Gasteiger partial charge in [-0.15, -0.1) is 5.10 Å². The van der Waals surface area contributed by atoms with Crippen molar-refractivity contribution in [1.82, 2.24) is 14.8 Å². The summed E-state index contributed by atoms with van der Waals surface area (Å²) in [6.07, 6.45) is 1.01. The SMILES string of the molecule is Cc1ccc(CNc2nc(NCc3ccc(C)cc3)n(C(=O)CCc3ccccc3)n2)cc1. The Kier molecular flexibility index (Phi) is 7.15.